The maximum absolute atomic E-state index is 16.2. The van der Waals surface area contributed by atoms with Crippen molar-refractivity contribution in [1.82, 2.24) is 9.44 Å². The van der Waals surface area contributed by atoms with Gasteiger partial charge in [-0.25, -0.2) is 26.3 Å². The summed E-state index contributed by atoms with van der Waals surface area (Å²) in [6.07, 6.45) is -21.8. The topological polar surface area (TPSA) is 268 Å². The van der Waals surface area contributed by atoms with E-state index in [1.807, 2.05) is 280 Å². The highest BCUT2D eigenvalue weighted by atomic mass is 32.2. The molecule has 5 aliphatic rings. The van der Waals surface area contributed by atoms with Crippen LogP contribution in [-0.4, -0.2) is 181 Å². The van der Waals surface area contributed by atoms with Crippen LogP contribution in [0.4, 0.5) is 0 Å². The summed E-state index contributed by atoms with van der Waals surface area (Å²) in [6.45, 7) is 21.5. The van der Waals surface area contributed by atoms with E-state index in [1.165, 1.54) is 24.3 Å². The van der Waals surface area contributed by atoms with Gasteiger partial charge >= 0.3 is 0 Å². The zero-order chi connectivity index (χ0) is 100. The smallest absolute Gasteiger partial charge is 0.241 e. The van der Waals surface area contributed by atoms with Crippen LogP contribution in [0.3, 0.4) is 0 Å². The van der Waals surface area contributed by atoms with E-state index >= 15 is 16.8 Å². The lowest BCUT2D eigenvalue weighted by atomic mass is 9.84. The minimum atomic E-state index is -4.73. The Morgan fingerprint density at radius 1 is 0.264 bits per heavy atom. The van der Waals surface area contributed by atoms with E-state index in [-0.39, 0.29) is 100 Å². The molecule has 0 saturated carbocycles. The highest BCUT2D eigenvalue weighted by molar-refractivity contribution is 7.89. The molecule has 0 amide bonds. The van der Waals surface area contributed by atoms with Gasteiger partial charge < -0.3 is 89.7 Å². The Hall–Kier alpha value is -9.30. The Morgan fingerprint density at radius 3 is 0.938 bits per heavy atom. The lowest BCUT2D eigenvalue weighted by Crippen LogP contribution is -2.71. The lowest BCUT2D eigenvalue weighted by Gasteiger charge is -2.53. The monoisotopic (exact) mass is 2020 g/mol. The maximum atomic E-state index is 16.2. The second kappa shape index (κ2) is 52.0. The molecule has 10 unspecified atom stereocenters. The first kappa shape index (κ1) is 107. The van der Waals surface area contributed by atoms with Gasteiger partial charge in [0.1, 0.15) is 73.1 Å². The molecule has 25 nitrogen and oxygen atoms in total. The van der Waals surface area contributed by atoms with Crippen LogP contribution in [0.25, 0.3) is 0 Å². The summed E-state index contributed by atoms with van der Waals surface area (Å²) < 4.78 is 211. The molecule has 28 heteroatoms. The average molecular weight is 2020 g/mol. The van der Waals surface area contributed by atoms with Gasteiger partial charge in [-0.1, -0.05) is 365 Å². The van der Waals surface area contributed by atoms with Gasteiger partial charge in [-0.05, 0) is 105 Å². The number of hydrogen-bond acceptors (Lipinski definition) is 23. The van der Waals surface area contributed by atoms with Crippen LogP contribution in [0.5, 0.6) is 0 Å². The molecule has 0 aromatic heterocycles. The predicted octanol–water partition coefficient (Wildman–Crippen LogP) is 19.6. The molecule has 0 spiro atoms. The molecular formula is C116H140N2O23S2Si. The molecule has 768 valence electrons. The summed E-state index contributed by atoms with van der Waals surface area (Å²) in [5, 5.41) is -0.421. The van der Waals surface area contributed by atoms with Gasteiger partial charge in [0.2, 0.25) is 20.0 Å². The molecule has 0 radical (unpaired) electrons. The van der Waals surface area contributed by atoms with E-state index in [9.17, 15) is 0 Å². The van der Waals surface area contributed by atoms with Gasteiger partial charge in [0, 0.05) is 17.8 Å². The van der Waals surface area contributed by atoms with Crippen molar-refractivity contribution in [3.05, 3.63) is 384 Å². The molecule has 2 N–H and O–H groups in total. The van der Waals surface area contributed by atoms with E-state index in [0.717, 1.165) is 44.5 Å². The highest BCUT2D eigenvalue weighted by Gasteiger charge is 2.60. The largest absolute Gasteiger partial charge is 0.391 e. The molecule has 5 aliphatic heterocycles. The van der Waals surface area contributed by atoms with E-state index in [0.29, 0.717) is 25.4 Å². The third-order valence-electron chi connectivity index (χ3n) is 28.2. The fourth-order valence-electron chi connectivity index (χ4n) is 18.9. The Bertz CT molecular complexity index is 5830. The summed E-state index contributed by atoms with van der Waals surface area (Å²) in [5.74, 6) is -1.32. The molecule has 0 bridgehead atoms. The van der Waals surface area contributed by atoms with Gasteiger partial charge in [-0.15, -0.1) is 0 Å². The summed E-state index contributed by atoms with van der Waals surface area (Å²) >= 11 is 0. The number of hydrogen-bond donors (Lipinski definition) is 2. The van der Waals surface area contributed by atoms with Gasteiger partial charge in [0.05, 0.1) is 120 Å². The zero-order valence-electron chi connectivity index (χ0n) is 83.8. The molecular weight excluding hydrogens is 1880 g/mol. The summed E-state index contributed by atoms with van der Waals surface area (Å²) in [4.78, 5) is -0.140. The van der Waals surface area contributed by atoms with Gasteiger partial charge in [0.15, 0.2) is 39.8 Å². The highest BCUT2D eigenvalue weighted by Crippen LogP contribution is 2.46. The third-order valence-corrected chi connectivity index (χ3v) is 35.6. The van der Waals surface area contributed by atoms with Crippen LogP contribution in [0, 0.1) is 23.7 Å². The number of ether oxygens (including phenoxy) is 18. The van der Waals surface area contributed by atoms with Crippen LogP contribution in [0.1, 0.15) is 112 Å². The summed E-state index contributed by atoms with van der Waals surface area (Å²) in [5.41, 5.74) is 7.81. The second-order valence-corrected chi connectivity index (χ2v) is 47.7. The quantitative estimate of drug-likeness (QED) is 0.0336. The Balaban J connectivity index is 0.861. The van der Waals surface area contributed by atoms with E-state index in [1.54, 1.807) is 36.4 Å². The standard InChI is InChI=1S/C116H140N2O23S2Si/c1-11-95-105(108(130-74-91-59-37-19-38-60-91)101(114(133-95)141-144(9,10)116(6,7)8)118-143(121,122)94-65-43-22-44-66-94)138-113-100(117-142(119,120)93-63-41-21-42-64-93)107(129-73-90-57-35-18-36-58-90)106(98(136-113)78-125-69-86-49-27-14-28-50-86)139-115-110(131-75-92-61-39-20-40-62-92)109(140-112-83(5)102(126-70-87-51-29-15-30-52-87)82(4)96(134-112)76-123-67-84-45-23-12-24-46-84)104(128-72-89-55-33-17-34-56-89)99(137-115)79-132-111-81(3)80(2)103(127-71-88-53-31-16-32-54-88)97(135-111)77-124-68-85-47-25-13-26-48-85/h12-66,80-83,95-115,117-118H,11,67-79H2,1-10H3/t80-,81?,82-,83?,95?,96-,97?,98?,99?,100?,101?,102?,103-,104+,105+,106+,107-,108+,109+,110?,111-,112-,113+,114+,115+/m1/s1. The molecule has 5 heterocycles. The van der Waals surface area contributed by atoms with Crippen molar-refractivity contribution in [2.24, 2.45) is 23.7 Å². The van der Waals surface area contributed by atoms with Crippen molar-refractivity contribution < 1.29 is 107 Å². The summed E-state index contributed by atoms with van der Waals surface area (Å²) in [7, 11) is -12.1. The van der Waals surface area contributed by atoms with Crippen LogP contribution in [0.15, 0.2) is 343 Å². The summed E-state index contributed by atoms with van der Waals surface area (Å²) in [6, 6.07) is 101. The first-order valence-corrected chi connectivity index (χ1v) is 56.2. The van der Waals surface area contributed by atoms with Crippen molar-refractivity contribution in [3.8, 4) is 0 Å². The molecule has 25 atom stereocenters. The fourth-order valence-corrected chi connectivity index (χ4v) is 22.5. The first-order chi connectivity index (χ1) is 69.9. The third kappa shape index (κ3) is 29.0. The number of nitrogens with one attached hydrogen (secondary N) is 2. The van der Waals surface area contributed by atoms with Crippen molar-refractivity contribution in [2.45, 2.75) is 278 Å². The average Bonchev–Trinajstić information content (AvgIpc) is 0.759. The van der Waals surface area contributed by atoms with E-state index in [2.05, 4.69) is 71.0 Å². The predicted molar refractivity (Wildman–Crippen MR) is 549 cm³/mol. The van der Waals surface area contributed by atoms with E-state index < -0.39 is 168 Å². The Labute approximate surface area is 851 Å². The van der Waals surface area contributed by atoms with Crippen molar-refractivity contribution in [1.29, 1.82) is 0 Å². The van der Waals surface area contributed by atoms with Crippen molar-refractivity contribution in [3.63, 3.8) is 0 Å². The lowest BCUT2D eigenvalue weighted by molar-refractivity contribution is -0.389. The number of benzene rings is 11. The van der Waals surface area contributed by atoms with Gasteiger partial charge in [0.25, 0.3) is 0 Å². The second-order valence-electron chi connectivity index (χ2n) is 39.6. The zero-order valence-corrected chi connectivity index (χ0v) is 86.4. The Kier molecular flexibility index (Phi) is 38.8. The molecule has 144 heavy (non-hydrogen) atoms. The number of sulfonamides is 2. The SMILES string of the molecule is CCC1O[C@@H](O[Si](C)(C)C(C)(C)C)C(NS(=O)(=O)c2ccccc2)[C@H](OCc2ccccc2)[C@H]1O[C@@H]1OC(COCc2ccccc2)[C@H](O[C@@H]2OC(CO[C@@H]3OC(COCc4ccccc4)[C@H](OCc4ccccc4)[C@H](C)C3C)[C@H](OCc3ccccc3)[C@H](O[C@H]3O[C@H](COCc4ccccc4)[C@@H](C)C(OCc4ccccc4)C3C)C2OCc2ccccc2)[C@H](OCc2ccccc2)C1NS(=O)(=O)c1ccccc1. The molecule has 11 aromatic rings. The van der Waals surface area contributed by atoms with Crippen LogP contribution in [0.2, 0.25) is 18.1 Å². The molecule has 16 rings (SSSR count). The first-order valence-electron chi connectivity index (χ1n) is 50.3. The van der Waals surface area contributed by atoms with Crippen LogP contribution in [-0.2, 0) is 169 Å². The molecule has 5 saturated heterocycles. The maximum Gasteiger partial charge on any atom is 0.241 e. The molecule has 5 fully saturated rings. The minimum absolute atomic E-state index is 0.0258. The normalized spacial score (nSPS) is 28.1. The minimum Gasteiger partial charge on any atom is -0.391 e. The van der Waals surface area contributed by atoms with Crippen LogP contribution < -0.4 is 9.44 Å². The molecule has 11 aromatic carbocycles. The fraction of sp³-hybridized carbons (Fsp3) is 0.431. The van der Waals surface area contributed by atoms with Gasteiger partial charge in [-0.2, -0.15) is 0 Å². The van der Waals surface area contributed by atoms with Crippen molar-refractivity contribution >= 4 is 28.4 Å². The van der Waals surface area contributed by atoms with E-state index in [4.69, 9.17) is 89.7 Å². The van der Waals surface area contributed by atoms with Gasteiger partial charge in [-0.3, -0.25) is 0 Å². The Morgan fingerprint density at radius 2 is 0.549 bits per heavy atom. The number of rotatable bonds is 48. The van der Waals surface area contributed by atoms with Crippen molar-refractivity contribution in [2.75, 3.05) is 26.4 Å². The molecule has 0 aliphatic carbocycles. The van der Waals surface area contributed by atoms with Crippen LogP contribution >= 0.6 is 0 Å².